The van der Waals surface area contributed by atoms with Gasteiger partial charge >= 0.3 is 35.8 Å². The number of carbonyl (C=O) groups is 6. The van der Waals surface area contributed by atoms with E-state index in [0.29, 0.717) is 64.0 Å². The Morgan fingerprint density at radius 3 is 1.05 bits per heavy atom. The van der Waals surface area contributed by atoms with Crippen LogP contribution in [0.2, 0.25) is 20.1 Å². The number of benzene rings is 6. The maximum atomic E-state index is 13.8. The quantitative estimate of drug-likeness (QED) is 0.0531. The molecule has 0 saturated heterocycles. The molecular formula is C78H74BrCl4N3O14. The van der Waals surface area contributed by atoms with Gasteiger partial charge in [-0.25, -0.2) is 9.59 Å². The molecule has 0 saturated carbocycles. The van der Waals surface area contributed by atoms with E-state index in [1.807, 2.05) is 60.7 Å². The largest absolute Gasteiger partial charge is 0.456 e. The lowest BCUT2D eigenvalue weighted by atomic mass is 9.77. The maximum absolute atomic E-state index is 13.8. The minimum absolute atomic E-state index is 0.0709. The first-order valence-corrected chi connectivity index (χ1v) is 35.1. The van der Waals surface area contributed by atoms with Crippen LogP contribution >= 0.6 is 62.3 Å². The fourth-order valence-corrected chi connectivity index (χ4v) is 12.7. The number of fused-ring (bicyclic) bond motifs is 12. The molecule has 6 aromatic carbocycles. The van der Waals surface area contributed by atoms with Gasteiger partial charge in [0.05, 0.1) is 64.3 Å². The zero-order valence-corrected chi connectivity index (χ0v) is 61.9. The maximum Gasteiger partial charge on any atom is 0.340 e. The summed E-state index contributed by atoms with van der Waals surface area (Å²) < 4.78 is 48.3. The molecule has 6 heterocycles. The molecule has 22 heteroatoms. The number of esters is 6. The number of halogens is 5. The monoisotopic (exact) mass is 1500 g/mol. The van der Waals surface area contributed by atoms with Crippen molar-refractivity contribution >= 4 is 98.1 Å². The van der Waals surface area contributed by atoms with E-state index in [9.17, 15) is 28.8 Å². The van der Waals surface area contributed by atoms with Crippen molar-refractivity contribution in [3.05, 3.63) is 221 Å². The number of hydrogen-bond acceptors (Lipinski definition) is 17. The number of aromatic nitrogens is 2. The summed E-state index contributed by atoms with van der Waals surface area (Å²) >= 11 is 30.6. The van der Waals surface area contributed by atoms with Crippen LogP contribution in [0.4, 0.5) is 0 Å². The van der Waals surface area contributed by atoms with Crippen molar-refractivity contribution in [3.63, 3.8) is 0 Å². The third kappa shape index (κ3) is 14.9. The highest BCUT2D eigenvalue weighted by Crippen LogP contribution is 2.61. The minimum Gasteiger partial charge on any atom is -0.456 e. The Balaban J connectivity index is 0.000000210. The highest BCUT2D eigenvalue weighted by Gasteiger charge is 2.56. The van der Waals surface area contributed by atoms with E-state index >= 15 is 0 Å². The third-order valence-electron chi connectivity index (χ3n) is 17.0. The molecule has 0 unspecified atom stereocenters. The topological polar surface area (TPSA) is 205 Å². The first-order chi connectivity index (χ1) is 47.1. The Labute approximate surface area is 609 Å². The lowest BCUT2D eigenvalue weighted by molar-refractivity contribution is -0.143. The molecule has 12 rings (SSSR count). The van der Waals surface area contributed by atoms with Gasteiger partial charge in [-0.05, 0) is 187 Å². The summed E-state index contributed by atoms with van der Waals surface area (Å²) in [5.41, 5.74) is 1.23. The van der Waals surface area contributed by atoms with Gasteiger partial charge in [-0.3, -0.25) is 34.0 Å². The number of hydrogen-bond donors (Lipinski definition) is 0. The smallest absolute Gasteiger partial charge is 0.340 e. The summed E-state index contributed by atoms with van der Waals surface area (Å²) in [6, 6.07) is 35.5. The highest BCUT2D eigenvalue weighted by atomic mass is 79.9. The lowest BCUT2D eigenvalue weighted by Gasteiger charge is -2.37. The van der Waals surface area contributed by atoms with Crippen molar-refractivity contribution < 1.29 is 66.7 Å². The second-order valence-electron chi connectivity index (χ2n) is 29.0. The Bertz CT molecular complexity index is 4390. The lowest BCUT2D eigenvalue weighted by Crippen LogP contribution is -2.33. The van der Waals surface area contributed by atoms with Crippen molar-refractivity contribution in [3.8, 4) is 46.0 Å². The van der Waals surface area contributed by atoms with Gasteiger partial charge < -0.3 is 37.9 Å². The molecule has 17 nitrogen and oxygen atoms in total. The van der Waals surface area contributed by atoms with Crippen molar-refractivity contribution in [2.24, 2.45) is 21.7 Å². The molecule has 8 aromatic rings. The van der Waals surface area contributed by atoms with Gasteiger partial charge in [0.15, 0.2) is 34.2 Å². The van der Waals surface area contributed by atoms with E-state index in [1.165, 1.54) is 24.3 Å². The molecule has 100 heavy (non-hydrogen) atoms. The van der Waals surface area contributed by atoms with Crippen LogP contribution in [0.3, 0.4) is 0 Å². The number of aryl methyl sites for hydroxylation is 2. The fourth-order valence-electron chi connectivity index (χ4n) is 11.6. The zero-order chi connectivity index (χ0) is 72.2. The number of ether oxygens (including phenoxy) is 8. The Kier molecular flexibility index (Phi) is 20.6. The van der Waals surface area contributed by atoms with Crippen molar-refractivity contribution in [1.82, 2.24) is 14.9 Å². The van der Waals surface area contributed by atoms with Crippen LogP contribution in [-0.2, 0) is 65.8 Å². The molecular weight excluding hydrogens is 1420 g/mol. The average Bonchev–Trinajstić information content (AvgIpc) is 1.48. The fraction of sp³-hybridized carbons (Fsp3) is 0.333. The summed E-state index contributed by atoms with van der Waals surface area (Å²) in [6.07, 6.45) is 6.72. The highest BCUT2D eigenvalue weighted by molar-refractivity contribution is 9.09. The van der Waals surface area contributed by atoms with Gasteiger partial charge in [0, 0.05) is 88.5 Å². The first-order valence-electron chi connectivity index (χ1n) is 32.5. The Morgan fingerprint density at radius 2 is 0.760 bits per heavy atom. The van der Waals surface area contributed by atoms with E-state index in [0.717, 1.165) is 53.7 Å². The van der Waals surface area contributed by atoms with E-state index < -0.39 is 68.7 Å². The molecule has 2 spiro atoms. The summed E-state index contributed by atoms with van der Waals surface area (Å²) in [5.74, 6) is -1.80. The second kappa shape index (κ2) is 28.2. The molecule has 0 bridgehead atoms. The number of rotatable bonds is 15. The van der Waals surface area contributed by atoms with E-state index in [1.54, 1.807) is 132 Å². The van der Waals surface area contributed by atoms with E-state index in [-0.39, 0.29) is 66.1 Å². The van der Waals surface area contributed by atoms with Gasteiger partial charge in [-0.15, -0.1) is 0 Å². The molecule has 4 aliphatic rings. The third-order valence-corrected chi connectivity index (χ3v) is 18.7. The normalized spacial score (nSPS) is 14.3. The molecule has 0 aliphatic carbocycles. The first kappa shape index (κ1) is 72.9. The average molecular weight is 1500 g/mol. The molecule has 4 aliphatic heterocycles. The zero-order valence-electron chi connectivity index (χ0n) is 57.3. The van der Waals surface area contributed by atoms with Gasteiger partial charge in [0.25, 0.3) is 0 Å². The van der Waals surface area contributed by atoms with Gasteiger partial charge in [-0.2, -0.15) is 0 Å². The molecule has 0 atom stereocenters. The predicted molar refractivity (Wildman–Crippen MR) is 383 cm³/mol. The van der Waals surface area contributed by atoms with Gasteiger partial charge in [0.1, 0.15) is 23.0 Å². The summed E-state index contributed by atoms with van der Waals surface area (Å²) in [4.78, 5) is 90.1. The summed E-state index contributed by atoms with van der Waals surface area (Å²) in [7, 11) is 0. The molecule has 0 fully saturated rings. The second-order valence-corrected chi connectivity index (χ2v) is 31.4. The number of alkyl halides is 1. The standard InChI is InChI=1S/C45H43Cl2N3O7.C33H31BrCl2O7/c1-43(2,3)41(52)55-38-23-36-32(21-34(38)46)45(33-22-35(47)39(24-37(33)54-36)56-42(53)44(4,5)6)31-20-27(15-16-30(31)40(51)57-45)12-11-19-50(25-28-13-7-9-17-48-28)26-29-14-8-10-18-49-29;1-31(2,3)29(38)41-26-15-24-20(13-22(26)35)33(19-12-17(8-7-11-34)9-10-18(19)28(37)43-33)21-14-23(36)27(16-25(21)40-24)42-30(39)32(4,5)6/h7-10,13-18,20-24H,11-12,19,25-26H2,1-6H3;9-10,12-16H,7-8,11H2,1-6H3. The molecule has 0 N–H and O–H groups in total. The number of nitrogens with zero attached hydrogens (tertiary/aromatic N) is 3. The van der Waals surface area contributed by atoms with E-state index in [4.69, 9.17) is 84.3 Å². The molecule has 520 valence electrons. The SMILES string of the molecule is CC(C)(C)C(=O)Oc1cc2c(cc1Cl)C1(OC(=O)c3ccc(CCCBr)cc31)c1cc(Cl)c(OC(=O)C(C)(C)C)cc1O2.CC(C)(C)C(=O)Oc1cc2c(cc1Cl)C1(OC(=O)c3ccc(CCCN(Cc4ccccn4)Cc4ccccn4)cc31)c1cc(Cl)c(OC(=O)C(C)(C)C)cc1O2. The summed E-state index contributed by atoms with van der Waals surface area (Å²) in [6.45, 7) is 22.9. The molecule has 0 radical (unpaired) electrons. The Morgan fingerprint density at radius 1 is 0.440 bits per heavy atom. The molecule has 0 amide bonds. The van der Waals surface area contributed by atoms with Crippen LogP contribution in [-0.4, -0.2) is 62.6 Å². The van der Waals surface area contributed by atoms with Crippen LogP contribution < -0.4 is 28.4 Å². The van der Waals surface area contributed by atoms with Crippen molar-refractivity contribution in [2.75, 3.05) is 11.9 Å². The molecule has 2 aromatic heterocycles. The van der Waals surface area contributed by atoms with Crippen LogP contribution in [0.15, 0.2) is 134 Å². The van der Waals surface area contributed by atoms with Crippen molar-refractivity contribution in [2.45, 2.75) is 133 Å². The predicted octanol–water partition coefficient (Wildman–Crippen LogP) is 18.7. The van der Waals surface area contributed by atoms with Crippen LogP contribution in [0.1, 0.15) is 173 Å². The van der Waals surface area contributed by atoms with Crippen molar-refractivity contribution in [1.29, 1.82) is 0 Å². The Hall–Kier alpha value is -8.36. The van der Waals surface area contributed by atoms with Crippen LogP contribution in [0, 0.1) is 21.7 Å². The van der Waals surface area contributed by atoms with Crippen LogP contribution in [0.25, 0.3) is 0 Å². The van der Waals surface area contributed by atoms with Gasteiger partial charge in [-0.1, -0.05) is 98.7 Å². The summed E-state index contributed by atoms with van der Waals surface area (Å²) in [5, 5.41) is 1.30. The number of pyridine rings is 2. The number of carbonyl (C=O) groups excluding carboxylic acids is 6. The van der Waals surface area contributed by atoms with E-state index in [2.05, 4.69) is 30.8 Å². The minimum atomic E-state index is -1.57. The van der Waals surface area contributed by atoms with Crippen LogP contribution in [0.5, 0.6) is 46.0 Å². The van der Waals surface area contributed by atoms with Gasteiger partial charge in [0.2, 0.25) is 0 Å².